The number of sulfonamides is 1. The lowest BCUT2D eigenvalue weighted by molar-refractivity contribution is -0.177. The van der Waals surface area contributed by atoms with Crippen molar-refractivity contribution in [1.82, 2.24) is 14.7 Å². The maximum atomic E-state index is 12.6. The number of rotatable bonds is 6. The second kappa shape index (κ2) is 8.09. The van der Waals surface area contributed by atoms with Gasteiger partial charge in [-0.2, -0.15) is 5.06 Å². The van der Waals surface area contributed by atoms with Crippen molar-refractivity contribution in [3.8, 4) is 0 Å². The highest BCUT2D eigenvalue weighted by Gasteiger charge is 2.58. The fourth-order valence-corrected chi connectivity index (χ4v) is 4.96. The number of nitrogens with one attached hydrogen (secondary N) is 1. The van der Waals surface area contributed by atoms with E-state index in [9.17, 15) is 18.0 Å². The molecule has 2 saturated heterocycles. The number of nitrogens with zero attached hydrogens (tertiary/aromatic N) is 2. The average Bonchev–Trinajstić information content (AvgIpc) is 3.20. The SMILES string of the molecule is CN1C(=O)[C@@H]2ON(CCNS(=O)(=O)c3ccc(Cl)cc3)C(c3ccccc3)[C@@H]2C1=O. The predicted octanol–water partition coefficient (Wildman–Crippen LogP) is 1.59. The van der Waals surface area contributed by atoms with Gasteiger partial charge >= 0.3 is 0 Å². The van der Waals surface area contributed by atoms with E-state index in [0.29, 0.717) is 5.02 Å². The zero-order valence-corrected chi connectivity index (χ0v) is 17.6. The van der Waals surface area contributed by atoms with Crippen molar-refractivity contribution in [2.75, 3.05) is 20.1 Å². The number of hydrogen-bond acceptors (Lipinski definition) is 6. The number of carbonyl (C=O) groups is 2. The van der Waals surface area contributed by atoms with Crippen molar-refractivity contribution >= 4 is 33.4 Å². The minimum absolute atomic E-state index is 0.0337. The van der Waals surface area contributed by atoms with Gasteiger partial charge in [0.2, 0.25) is 15.9 Å². The monoisotopic (exact) mass is 449 g/mol. The molecule has 8 nitrogen and oxygen atoms in total. The molecule has 1 unspecified atom stereocenters. The number of carbonyl (C=O) groups excluding carboxylic acids is 2. The molecule has 0 aliphatic carbocycles. The van der Waals surface area contributed by atoms with E-state index in [4.69, 9.17) is 16.4 Å². The number of likely N-dealkylation sites (N-methyl/N-ethyl adjacent to an activating group) is 1. The first-order valence-corrected chi connectivity index (χ1v) is 11.2. The van der Waals surface area contributed by atoms with Crippen LogP contribution in [0.15, 0.2) is 59.5 Å². The first-order valence-electron chi connectivity index (χ1n) is 9.34. The molecule has 0 bridgehead atoms. The van der Waals surface area contributed by atoms with Crippen molar-refractivity contribution in [3.05, 3.63) is 65.2 Å². The lowest BCUT2D eigenvalue weighted by Crippen LogP contribution is -2.38. The maximum absolute atomic E-state index is 12.6. The second-order valence-corrected chi connectivity index (χ2v) is 9.34. The number of likely N-dealkylation sites (tertiary alicyclic amines) is 1. The number of amides is 2. The molecular weight excluding hydrogens is 430 g/mol. The minimum atomic E-state index is -3.73. The van der Waals surface area contributed by atoms with E-state index in [1.807, 2.05) is 30.3 Å². The van der Waals surface area contributed by atoms with Crippen molar-refractivity contribution in [2.45, 2.75) is 17.0 Å². The Hall–Kier alpha value is -2.30. The largest absolute Gasteiger partial charge is 0.284 e. The van der Waals surface area contributed by atoms with Crippen LogP contribution in [0, 0.1) is 5.92 Å². The van der Waals surface area contributed by atoms with E-state index in [1.54, 1.807) is 0 Å². The Morgan fingerprint density at radius 2 is 1.70 bits per heavy atom. The van der Waals surface area contributed by atoms with Crippen LogP contribution in [-0.4, -0.2) is 56.4 Å². The lowest BCUT2D eigenvalue weighted by atomic mass is 9.91. The second-order valence-electron chi connectivity index (χ2n) is 7.14. The molecular formula is C20H20ClN3O5S. The Morgan fingerprint density at radius 1 is 1.03 bits per heavy atom. The highest BCUT2D eigenvalue weighted by atomic mass is 35.5. The molecule has 10 heteroatoms. The first kappa shape index (κ1) is 21.0. The molecule has 0 radical (unpaired) electrons. The van der Waals surface area contributed by atoms with Gasteiger partial charge in [0.05, 0.1) is 16.9 Å². The molecule has 2 fully saturated rings. The van der Waals surface area contributed by atoms with Crippen LogP contribution in [0.1, 0.15) is 11.6 Å². The minimum Gasteiger partial charge on any atom is -0.284 e. The van der Waals surface area contributed by atoms with Crippen LogP contribution in [0.4, 0.5) is 0 Å². The molecule has 0 spiro atoms. The predicted molar refractivity (Wildman–Crippen MR) is 109 cm³/mol. The third kappa shape index (κ3) is 3.75. The molecule has 0 aromatic heterocycles. The van der Waals surface area contributed by atoms with Gasteiger partial charge in [-0.15, -0.1) is 0 Å². The van der Waals surface area contributed by atoms with E-state index in [0.717, 1.165) is 10.5 Å². The van der Waals surface area contributed by atoms with Crippen molar-refractivity contribution in [1.29, 1.82) is 0 Å². The van der Waals surface area contributed by atoms with E-state index in [-0.39, 0.29) is 23.9 Å². The number of hydrogen-bond donors (Lipinski definition) is 1. The molecule has 158 valence electrons. The van der Waals surface area contributed by atoms with Crippen LogP contribution in [0.2, 0.25) is 5.02 Å². The summed E-state index contributed by atoms with van der Waals surface area (Å²) >= 11 is 5.81. The normalized spacial score (nSPS) is 24.5. The number of imide groups is 1. The molecule has 2 amide bonds. The summed E-state index contributed by atoms with van der Waals surface area (Å²) in [5.41, 5.74) is 0.821. The Morgan fingerprint density at radius 3 is 2.37 bits per heavy atom. The van der Waals surface area contributed by atoms with E-state index >= 15 is 0 Å². The van der Waals surface area contributed by atoms with Crippen LogP contribution in [0.25, 0.3) is 0 Å². The van der Waals surface area contributed by atoms with Gasteiger partial charge in [0, 0.05) is 25.2 Å². The first-order chi connectivity index (χ1) is 14.3. The zero-order valence-electron chi connectivity index (χ0n) is 16.1. The van der Waals surface area contributed by atoms with Gasteiger partial charge in [0.25, 0.3) is 5.91 Å². The fourth-order valence-electron chi connectivity index (χ4n) is 3.81. The molecule has 3 atom stereocenters. The summed E-state index contributed by atoms with van der Waals surface area (Å²) in [6.07, 6.45) is -0.902. The Labute approximate surface area is 179 Å². The Balaban J connectivity index is 1.51. The summed E-state index contributed by atoms with van der Waals surface area (Å²) in [5.74, 6) is -1.36. The van der Waals surface area contributed by atoms with Gasteiger partial charge in [-0.25, -0.2) is 13.1 Å². The molecule has 2 aromatic carbocycles. The topological polar surface area (TPSA) is 96.0 Å². The Kier molecular flexibility index (Phi) is 5.65. The van der Waals surface area contributed by atoms with Gasteiger partial charge in [0.1, 0.15) is 0 Å². The summed E-state index contributed by atoms with van der Waals surface area (Å²) in [6, 6.07) is 14.6. The van der Waals surface area contributed by atoms with E-state index in [2.05, 4.69) is 4.72 Å². The van der Waals surface area contributed by atoms with Gasteiger partial charge in [0.15, 0.2) is 6.10 Å². The molecule has 0 saturated carbocycles. The van der Waals surface area contributed by atoms with Gasteiger partial charge < -0.3 is 0 Å². The summed E-state index contributed by atoms with van der Waals surface area (Å²) in [6.45, 7) is 0.190. The van der Waals surface area contributed by atoms with Crippen LogP contribution in [0.3, 0.4) is 0 Å². The summed E-state index contributed by atoms with van der Waals surface area (Å²) in [5, 5.41) is 1.97. The Bertz CT molecular complexity index is 1060. The van der Waals surface area contributed by atoms with Gasteiger partial charge in [-0.05, 0) is 29.8 Å². The van der Waals surface area contributed by atoms with Crippen molar-refractivity contribution in [2.24, 2.45) is 5.92 Å². The highest BCUT2D eigenvalue weighted by molar-refractivity contribution is 7.89. The number of fused-ring (bicyclic) bond motifs is 1. The zero-order chi connectivity index (χ0) is 21.5. The molecule has 1 N–H and O–H groups in total. The lowest BCUT2D eigenvalue weighted by Gasteiger charge is -2.26. The van der Waals surface area contributed by atoms with Crippen molar-refractivity contribution in [3.63, 3.8) is 0 Å². The summed E-state index contributed by atoms with van der Waals surface area (Å²) < 4.78 is 27.5. The maximum Gasteiger partial charge on any atom is 0.261 e. The average molecular weight is 450 g/mol. The van der Waals surface area contributed by atoms with Crippen LogP contribution >= 0.6 is 11.6 Å². The standard InChI is InChI=1S/C20H20ClN3O5S/c1-23-19(25)16-17(13-5-3-2-4-6-13)24(29-18(16)20(23)26)12-11-22-30(27,28)15-9-7-14(21)8-10-15/h2-10,16-18,22H,11-12H2,1H3/t16-,17?,18+/m0/s1. The number of halogens is 1. The quantitative estimate of drug-likeness (QED) is 0.673. The molecule has 2 aliphatic heterocycles. The van der Waals surface area contributed by atoms with Crippen LogP contribution < -0.4 is 4.72 Å². The fraction of sp³-hybridized carbons (Fsp3) is 0.300. The molecule has 2 aliphatic rings. The highest BCUT2D eigenvalue weighted by Crippen LogP contribution is 2.43. The third-order valence-electron chi connectivity index (χ3n) is 5.30. The van der Waals surface area contributed by atoms with Gasteiger partial charge in [-0.1, -0.05) is 41.9 Å². The number of hydroxylamine groups is 2. The molecule has 4 rings (SSSR count). The summed E-state index contributed by atoms with van der Waals surface area (Å²) in [4.78, 5) is 32.0. The number of benzene rings is 2. The molecule has 2 heterocycles. The van der Waals surface area contributed by atoms with Crippen LogP contribution in [-0.2, 0) is 24.4 Å². The molecule has 30 heavy (non-hydrogen) atoms. The van der Waals surface area contributed by atoms with E-state index < -0.39 is 34.0 Å². The smallest absolute Gasteiger partial charge is 0.261 e. The van der Waals surface area contributed by atoms with Crippen molar-refractivity contribution < 1.29 is 22.8 Å². The van der Waals surface area contributed by atoms with Gasteiger partial charge in [-0.3, -0.25) is 19.3 Å². The van der Waals surface area contributed by atoms with E-state index in [1.165, 1.54) is 36.4 Å². The molecule has 2 aromatic rings. The summed E-state index contributed by atoms with van der Waals surface area (Å²) in [7, 11) is -2.29. The van der Waals surface area contributed by atoms with Crippen LogP contribution in [0.5, 0.6) is 0 Å². The third-order valence-corrected chi connectivity index (χ3v) is 7.03.